The number of amides is 1. The molecule has 7 nitrogen and oxygen atoms in total. The van der Waals surface area contributed by atoms with Crippen LogP contribution in [-0.2, 0) is 22.3 Å². The van der Waals surface area contributed by atoms with Crippen molar-refractivity contribution in [1.29, 1.82) is 0 Å². The third-order valence-corrected chi connectivity index (χ3v) is 4.71. The van der Waals surface area contributed by atoms with Crippen LogP contribution in [-0.4, -0.2) is 43.8 Å². The van der Waals surface area contributed by atoms with Gasteiger partial charge in [0.05, 0.1) is 23.9 Å². The lowest BCUT2D eigenvalue weighted by Gasteiger charge is -2.13. The summed E-state index contributed by atoms with van der Waals surface area (Å²) < 4.78 is 49.1. The molecule has 0 fully saturated rings. The Morgan fingerprint density at radius 2 is 1.86 bits per heavy atom. The Kier molecular flexibility index (Phi) is 9.74. The Balaban J connectivity index is 2.19. The summed E-state index contributed by atoms with van der Waals surface area (Å²) in [5.74, 6) is 0.174. The molecule has 186 valence electrons. The van der Waals surface area contributed by atoms with Crippen molar-refractivity contribution in [1.82, 2.24) is 10.3 Å². The van der Waals surface area contributed by atoms with Gasteiger partial charge in [0.15, 0.2) is 0 Å². The Hall–Kier alpha value is -3.95. The third-order valence-electron chi connectivity index (χ3n) is 4.71. The summed E-state index contributed by atoms with van der Waals surface area (Å²) in [6.45, 7) is 7.65. The van der Waals surface area contributed by atoms with E-state index in [1.54, 1.807) is 20.2 Å². The molecule has 1 aromatic heterocycles. The maximum atomic E-state index is 12.7. The molecule has 0 aliphatic rings. The van der Waals surface area contributed by atoms with Crippen LogP contribution >= 0.6 is 0 Å². The molecular weight excluding hydrogens is 461 g/mol. The number of pyridine rings is 1. The van der Waals surface area contributed by atoms with Crippen molar-refractivity contribution in [3.63, 3.8) is 0 Å². The molecular formula is C25H27F3N4O3. The number of carbonyl (C=O) groups excluding carboxylic acids is 1. The fraction of sp³-hybridized carbons (Fsp3) is 0.280. The molecule has 2 rings (SSSR count). The summed E-state index contributed by atoms with van der Waals surface area (Å²) in [7, 11) is 3.04. The van der Waals surface area contributed by atoms with E-state index in [0.717, 1.165) is 29.5 Å². The Morgan fingerprint density at radius 3 is 2.37 bits per heavy atom. The molecule has 1 heterocycles. The first-order chi connectivity index (χ1) is 16.5. The van der Waals surface area contributed by atoms with Crippen molar-refractivity contribution in [2.24, 2.45) is 9.98 Å². The van der Waals surface area contributed by atoms with Gasteiger partial charge < -0.3 is 14.8 Å². The van der Waals surface area contributed by atoms with E-state index in [9.17, 15) is 18.0 Å². The summed E-state index contributed by atoms with van der Waals surface area (Å²) in [6.07, 6.45) is -2.20. The Bertz CT molecular complexity index is 1120. The van der Waals surface area contributed by atoms with Crippen LogP contribution in [0.3, 0.4) is 0 Å². The van der Waals surface area contributed by atoms with E-state index in [1.165, 1.54) is 14.0 Å². The summed E-state index contributed by atoms with van der Waals surface area (Å²) in [6, 6.07) is 9.45. The monoisotopic (exact) mass is 488 g/mol. The van der Waals surface area contributed by atoms with Gasteiger partial charge in [-0.1, -0.05) is 30.8 Å². The smallest absolute Gasteiger partial charge is 0.417 e. The Labute approximate surface area is 202 Å². The topological polar surface area (TPSA) is 85.2 Å². The zero-order chi connectivity index (χ0) is 26.0. The minimum Gasteiger partial charge on any atom is -0.481 e. The molecule has 0 unspecified atom stereocenters. The van der Waals surface area contributed by atoms with Gasteiger partial charge in [-0.05, 0) is 29.7 Å². The van der Waals surface area contributed by atoms with Gasteiger partial charge in [-0.25, -0.2) is 9.98 Å². The van der Waals surface area contributed by atoms with Crippen LogP contribution in [0.25, 0.3) is 5.70 Å². The predicted molar refractivity (Wildman–Crippen MR) is 129 cm³/mol. The largest absolute Gasteiger partial charge is 0.481 e. The van der Waals surface area contributed by atoms with Crippen LogP contribution in [0.5, 0.6) is 5.88 Å². The SMILES string of the molecule is C=C(N=C(OC)/C(C=NC)=C(/C)COc1ccc(C(F)(F)F)cn1)c1ccc(CNC(C)=O)cc1. The molecule has 0 aliphatic heterocycles. The van der Waals surface area contributed by atoms with Gasteiger partial charge >= 0.3 is 6.18 Å². The highest BCUT2D eigenvalue weighted by molar-refractivity contribution is 6.14. The van der Waals surface area contributed by atoms with Crippen LogP contribution in [0.4, 0.5) is 13.2 Å². The van der Waals surface area contributed by atoms with Gasteiger partial charge in [-0.2, -0.15) is 13.2 Å². The predicted octanol–water partition coefficient (Wildman–Crippen LogP) is 4.85. The number of aliphatic imine (C=N–C) groups is 2. The van der Waals surface area contributed by atoms with E-state index in [4.69, 9.17) is 9.47 Å². The first kappa shape index (κ1) is 27.3. The zero-order valence-electron chi connectivity index (χ0n) is 19.9. The van der Waals surface area contributed by atoms with Gasteiger partial charge in [0.25, 0.3) is 0 Å². The molecule has 1 amide bonds. The zero-order valence-corrected chi connectivity index (χ0v) is 19.9. The number of ether oxygens (including phenoxy) is 2. The molecule has 0 spiro atoms. The molecule has 35 heavy (non-hydrogen) atoms. The summed E-state index contributed by atoms with van der Waals surface area (Å²) in [5, 5.41) is 2.73. The lowest BCUT2D eigenvalue weighted by molar-refractivity contribution is -0.137. The minimum absolute atomic E-state index is 0.0203. The van der Waals surface area contributed by atoms with Crippen molar-refractivity contribution < 1.29 is 27.4 Å². The van der Waals surface area contributed by atoms with Crippen molar-refractivity contribution >= 4 is 23.7 Å². The van der Waals surface area contributed by atoms with Crippen LogP contribution in [0.15, 0.2) is 70.3 Å². The lowest BCUT2D eigenvalue weighted by atomic mass is 10.1. The molecule has 2 aromatic rings. The molecule has 10 heteroatoms. The van der Waals surface area contributed by atoms with Gasteiger partial charge in [-0.15, -0.1) is 0 Å². The van der Waals surface area contributed by atoms with Gasteiger partial charge in [0, 0.05) is 39.0 Å². The van der Waals surface area contributed by atoms with Gasteiger partial charge in [0.2, 0.25) is 17.7 Å². The number of rotatable bonds is 9. The normalized spacial score (nSPS) is 12.8. The third kappa shape index (κ3) is 8.40. The van der Waals surface area contributed by atoms with Crippen molar-refractivity contribution in [2.75, 3.05) is 20.8 Å². The number of hydrogen-bond acceptors (Lipinski definition) is 6. The van der Waals surface area contributed by atoms with E-state index in [-0.39, 0.29) is 24.3 Å². The highest BCUT2D eigenvalue weighted by Gasteiger charge is 2.30. The van der Waals surface area contributed by atoms with Crippen LogP contribution in [0.2, 0.25) is 0 Å². The standard InChI is InChI=1S/C25H27F3N4O3/c1-16(15-35-23-11-10-21(13-31-23)25(26,27)28)22(14-29-4)24(34-5)32-17(2)20-8-6-19(7-9-20)12-30-18(3)33/h6-11,13-14H,2,12,15H2,1,3-5H3,(H,30,33)/b22-16-,29-14?,32-24?. The summed E-state index contributed by atoms with van der Waals surface area (Å²) in [5.41, 5.74) is 2.46. The molecule has 0 bridgehead atoms. The average molecular weight is 489 g/mol. The first-order valence-electron chi connectivity index (χ1n) is 10.5. The van der Waals surface area contributed by atoms with Crippen LogP contribution in [0, 0.1) is 0 Å². The number of nitrogens with zero attached hydrogens (tertiary/aromatic N) is 3. The van der Waals surface area contributed by atoms with Crippen LogP contribution in [0.1, 0.15) is 30.5 Å². The van der Waals surface area contributed by atoms with E-state index in [1.807, 2.05) is 24.3 Å². The second kappa shape index (κ2) is 12.5. The van der Waals surface area contributed by atoms with Crippen molar-refractivity contribution in [2.45, 2.75) is 26.6 Å². The molecule has 0 aliphatic carbocycles. The quantitative estimate of drug-likeness (QED) is 0.404. The minimum atomic E-state index is -4.47. The number of nitrogens with one attached hydrogen (secondary N) is 1. The highest BCUT2D eigenvalue weighted by atomic mass is 19.4. The highest BCUT2D eigenvalue weighted by Crippen LogP contribution is 2.29. The maximum Gasteiger partial charge on any atom is 0.417 e. The molecule has 1 N–H and O–H groups in total. The fourth-order valence-corrected chi connectivity index (χ4v) is 2.81. The molecule has 0 radical (unpaired) electrons. The van der Waals surface area contributed by atoms with Crippen molar-refractivity contribution in [3.8, 4) is 5.88 Å². The number of benzene rings is 1. The molecule has 0 atom stereocenters. The lowest BCUT2D eigenvalue weighted by Crippen LogP contribution is -2.18. The van der Waals surface area contributed by atoms with Crippen molar-refractivity contribution in [3.05, 3.63) is 77.0 Å². The summed E-state index contributed by atoms with van der Waals surface area (Å²) >= 11 is 0. The summed E-state index contributed by atoms with van der Waals surface area (Å²) in [4.78, 5) is 23.3. The Morgan fingerprint density at radius 1 is 1.17 bits per heavy atom. The first-order valence-corrected chi connectivity index (χ1v) is 10.5. The van der Waals surface area contributed by atoms with Gasteiger partial charge in [-0.3, -0.25) is 9.79 Å². The number of halogens is 3. The molecule has 1 aromatic carbocycles. The van der Waals surface area contributed by atoms with Gasteiger partial charge in [0.1, 0.15) is 6.61 Å². The number of carbonyl (C=O) groups is 1. The van der Waals surface area contributed by atoms with Crippen LogP contribution < -0.4 is 10.1 Å². The number of methoxy groups -OCH3 is 1. The second-order valence-corrected chi connectivity index (χ2v) is 7.43. The second-order valence-electron chi connectivity index (χ2n) is 7.43. The number of alkyl halides is 3. The molecule has 0 saturated carbocycles. The fourth-order valence-electron chi connectivity index (χ4n) is 2.81. The average Bonchev–Trinajstić information content (AvgIpc) is 2.83. The van der Waals surface area contributed by atoms with E-state index in [2.05, 4.69) is 26.9 Å². The van der Waals surface area contributed by atoms with E-state index in [0.29, 0.717) is 23.4 Å². The van der Waals surface area contributed by atoms with E-state index >= 15 is 0 Å². The number of aromatic nitrogens is 1. The van der Waals surface area contributed by atoms with E-state index < -0.39 is 11.7 Å². The molecule has 0 saturated heterocycles. The maximum absolute atomic E-state index is 12.7. The number of hydrogen-bond donors (Lipinski definition) is 1.